The molecule has 0 saturated carbocycles. The van der Waals surface area contributed by atoms with Crippen molar-refractivity contribution in [1.29, 1.82) is 0 Å². The smallest absolute Gasteiger partial charge is 0.326 e. The van der Waals surface area contributed by atoms with Crippen LogP contribution in [-0.4, -0.2) is 46.9 Å². The number of rotatable bonds is 5. The zero-order valence-electron chi connectivity index (χ0n) is 13.5. The number of amides is 2. The summed E-state index contributed by atoms with van der Waals surface area (Å²) >= 11 is 0. The third kappa shape index (κ3) is 4.72. The van der Waals surface area contributed by atoms with Crippen molar-refractivity contribution in [2.24, 2.45) is 17.3 Å². The van der Waals surface area contributed by atoms with Crippen LogP contribution >= 0.6 is 0 Å². The molecule has 6 heteroatoms. The van der Waals surface area contributed by atoms with Crippen LogP contribution in [0.3, 0.4) is 0 Å². The van der Waals surface area contributed by atoms with Crippen molar-refractivity contribution in [3.05, 3.63) is 0 Å². The molecule has 0 aromatic rings. The van der Waals surface area contributed by atoms with Crippen LogP contribution < -0.4 is 5.32 Å². The Balaban J connectivity index is 2.68. The molecule has 0 aromatic carbocycles. The number of carboxylic acid groups (broad SMARTS) is 1. The second-order valence-corrected chi connectivity index (χ2v) is 7.24. The Morgan fingerprint density at radius 2 is 1.95 bits per heavy atom. The van der Waals surface area contributed by atoms with Crippen LogP contribution in [0.2, 0.25) is 0 Å². The zero-order chi connectivity index (χ0) is 16.4. The van der Waals surface area contributed by atoms with Gasteiger partial charge in [-0.2, -0.15) is 0 Å². The van der Waals surface area contributed by atoms with Gasteiger partial charge in [-0.15, -0.1) is 0 Å². The topological polar surface area (TPSA) is 86.7 Å². The summed E-state index contributed by atoms with van der Waals surface area (Å²) in [6.07, 6.45) is 0.162. The Hall–Kier alpha value is -1.59. The van der Waals surface area contributed by atoms with E-state index < -0.39 is 23.3 Å². The van der Waals surface area contributed by atoms with Crippen LogP contribution in [0.5, 0.6) is 0 Å². The molecular weight excluding hydrogens is 272 g/mol. The lowest BCUT2D eigenvalue weighted by Gasteiger charge is -2.28. The lowest BCUT2D eigenvalue weighted by molar-refractivity contribution is -0.145. The number of carboxylic acids is 1. The molecule has 1 aliphatic heterocycles. The summed E-state index contributed by atoms with van der Waals surface area (Å²) in [5.74, 6) is -1.56. The van der Waals surface area contributed by atoms with E-state index in [0.717, 1.165) is 0 Å². The fourth-order valence-electron chi connectivity index (χ4n) is 2.47. The first-order valence-corrected chi connectivity index (χ1v) is 7.33. The molecular formula is C15H26N2O4. The molecule has 6 nitrogen and oxygen atoms in total. The molecule has 120 valence electrons. The minimum Gasteiger partial charge on any atom is -0.480 e. The summed E-state index contributed by atoms with van der Waals surface area (Å²) in [7, 11) is 0. The van der Waals surface area contributed by atoms with Crippen molar-refractivity contribution in [2.75, 3.05) is 13.1 Å². The SMILES string of the molecule is CC(C)CN1CC(C(=O)NC(C(=O)O)C(C)(C)C)CC1=O. The molecule has 0 bridgehead atoms. The maximum atomic E-state index is 12.2. The van der Waals surface area contributed by atoms with Crippen molar-refractivity contribution in [2.45, 2.75) is 47.1 Å². The summed E-state index contributed by atoms with van der Waals surface area (Å²) in [5, 5.41) is 11.8. The number of hydrogen-bond acceptors (Lipinski definition) is 3. The quantitative estimate of drug-likeness (QED) is 0.796. The summed E-state index contributed by atoms with van der Waals surface area (Å²) in [6, 6.07) is -0.959. The van der Waals surface area contributed by atoms with Gasteiger partial charge in [-0.1, -0.05) is 34.6 Å². The Bertz CT molecular complexity index is 426. The van der Waals surface area contributed by atoms with Gasteiger partial charge in [0.15, 0.2) is 0 Å². The number of hydrogen-bond donors (Lipinski definition) is 2. The maximum Gasteiger partial charge on any atom is 0.326 e. The number of nitrogens with zero attached hydrogens (tertiary/aromatic N) is 1. The summed E-state index contributed by atoms with van der Waals surface area (Å²) in [6.45, 7) is 10.3. The van der Waals surface area contributed by atoms with Crippen LogP contribution in [0, 0.1) is 17.3 Å². The molecule has 2 N–H and O–H groups in total. The number of likely N-dealkylation sites (tertiary alicyclic amines) is 1. The number of carbonyl (C=O) groups excluding carboxylic acids is 2. The van der Waals surface area contributed by atoms with E-state index in [9.17, 15) is 19.5 Å². The van der Waals surface area contributed by atoms with Crippen LogP contribution in [0.25, 0.3) is 0 Å². The molecule has 21 heavy (non-hydrogen) atoms. The first-order valence-electron chi connectivity index (χ1n) is 7.33. The van der Waals surface area contributed by atoms with E-state index in [0.29, 0.717) is 19.0 Å². The Kier molecular flexibility index (Phi) is 5.36. The standard InChI is InChI=1S/C15H26N2O4/c1-9(2)7-17-8-10(6-11(17)18)13(19)16-12(14(20)21)15(3,4)5/h9-10,12H,6-8H2,1-5H3,(H,16,19)(H,20,21). The predicted molar refractivity (Wildman–Crippen MR) is 78.5 cm³/mol. The van der Waals surface area contributed by atoms with Crippen LogP contribution in [0.1, 0.15) is 41.0 Å². The molecule has 0 radical (unpaired) electrons. The predicted octanol–water partition coefficient (Wildman–Crippen LogP) is 1.11. The lowest BCUT2D eigenvalue weighted by atomic mass is 9.86. The average Bonchev–Trinajstić information content (AvgIpc) is 2.64. The second-order valence-electron chi connectivity index (χ2n) is 7.24. The third-order valence-electron chi connectivity index (χ3n) is 3.57. The molecule has 0 spiro atoms. The Morgan fingerprint density at radius 3 is 2.38 bits per heavy atom. The van der Waals surface area contributed by atoms with Gasteiger partial charge in [-0.05, 0) is 11.3 Å². The third-order valence-corrected chi connectivity index (χ3v) is 3.57. The van der Waals surface area contributed by atoms with E-state index in [2.05, 4.69) is 5.32 Å². The van der Waals surface area contributed by atoms with Gasteiger partial charge in [0, 0.05) is 19.5 Å². The second kappa shape index (κ2) is 6.45. The largest absolute Gasteiger partial charge is 0.480 e. The van der Waals surface area contributed by atoms with Crippen molar-refractivity contribution in [3.8, 4) is 0 Å². The van der Waals surface area contributed by atoms with E-state index in [1.165, 1.54) is 0 Å². The number of nitrogens with one attached hydrogen (secondary N) is 1. The molecule has 0 aliphatic carbocycles. The molecule has 2 atom stereocenters. The van der Waals surface area contributed by atoms with Gasteiger partial charge >= 0.3 is 5.97 Å². The van der Waals surface area contributed by atoms with Gasteiger partial charge in [0.25, 0.3) is 0 Å². The Labute approximate surface area is 125 Å². The van der Waals surface area contributed by atoms with Gasteiger partial charge < -0.3 is 15.3 Å². The first-order chi connectivity index (χ1) is 9.52. The highest BCUT2D eigenvalue weighted by Crippen LogP contribution is 2.23. The highest BCUT2D eigenvalue weighted by atomic mass is 16.4. The number of aliphatic carboxylic acids is 1. The fourth-order valence-corrected chi connectivity index (χ4v) is 2.47. The molecule has 1 fully saturated rings. The minimum absolute atomic E-state index is 0.0357. The average molecular weight is 298 g/mol. The lowest BCUT2D eigenvalue weighted by Crippen LogP contribution is -2.51. The molecule has 2 amide bonds. The fraction of sp³-hybridized carbons (Fsp3) is 0.800. The number of carbonyl (C=O) groups is 3. The highest BCUT2D eigenvalue weighted by molar-refractivity contribution is 5.91. The van der Waals surface area contributed by atoms with Crippen molar-refractivity contribution >= 4 is 17.8 Å². The van der Waals surface area contributed by atoms with Gasteiger partial charge in [0.2, 0.25) is 11.8 Å². The summed E-state index contributed by atoms with van der Waals surface area (Å²) in [4.78, 5) is 37.1. The van der Waals surface area contributed by atoms with Crippen molar-refractivity contribution in [3.63, 3.8) is 0 Å². The van der Waals surface area contributed by atoms with E-state index >= 15 is 0 Å². The summed E-state index contributed by atoms with van der Waals surface area (Å²) in [5.41, 5.74) is -0.582. The normalized spacial score (nSPS) is 20.8. The summed E-state index contributed by atoms with van der Waals surface area (Å²) < 4.78 is 0. The highest BCUT2D eigenvalue weighted by Gasteiger charge is 2.38. The van der Waals surface area contributed by atoms with Gasteiger partial charge in [0.05, 0.1) is 5.92 Å². The van der Waals surface area contributed by atoms with E-state index in [1.54, 1.807) is 25.7 Å². The van der Waals surface area contributed by atoms with E-state index in [4.69, 9.17) is 0 Å². The maximum absolute atomic E-state index is 12.2. The van der Waals surface area contributed by atoms with Crippen molar-refractivity contribution in [1.82, 2.24) is 10.2 Å². The molecule has 1 heterocycles. The zero-order valence-corrected chi connectivity index (χ0v) is 13.5. The molecule has 1 rings (SSSR count). The van der Waals surface area contributed by atoms with E-state index in [1.807, 2.05) is 13.8 Å². The van der Waals surface area contributed by atoms with Gasteiger partial charge in [0.1, 0.15) is 6.04 Å². The monoisotopic (exact) mass is 298 g/mol. The first kappa shape index (κ1) is 17.5. The van der Waals surface area contributed by atoms with Crippen LogP contribution in [-0.2, 0) is 14.4 Å². The molecule has 1 saturated heterocycles. The van der Waals surface area contributed by atoms with Crippen LogP contribution in [0.4, 0.5) is 0 Å². The minimum atomic E-state index is -1.06. The Morgan fingerprint density at radius 1 is 1.38 bits per heavy atom. The van der Waals surface area contributed by atoms with E-state index in [-0.39, 0.29) is 18.2 Å². The van der Waals surface area contributed by atoms with Gasteiger partial charge in [-0.25, -0.2) is 4.79 Å². The van der Waals surface area contributed by atoms with Gasteiger partial charge in [-0.3, -0.25) is 9.59 Å². The van der Waals surface area contributed by atoms with Crippen LogP contribution in [0.15, 0.2) is 0 Å². The molecule has 2 unspecified atom stereocenters. The molecule has 1 aliphatic rings. The van der Waals surface area contributed by atoms with Crippen molar-refractivity contribution < 1.29 is 19.5 Å². The molecule has 0 aromatic heterocycles.